The first kappa shape index (κ1) is 19.6. The van der Waals surface area contributed by atoms with Gasteiger partial charge in [0.2, 0.25) is 0 Å². The van der Waals surface area contributed by atoms with Crippen molar-refractivity contribution in [2.45, 2.75) is 33.1 Å². The van der Waals surface area contributed by atoms with Crippen molar-refractivity contribution in [3.8, 4) is 11.5 Å². The van der Waals surface area contributed by atoms with Gasteiger partial charge in [-0.1, -0.05) is 51.1 Å². The van der Waals surface area contributed by atoms with E-state index in [2.05, 4.69) is 32.9 Å². The minimum atomic E-state index is -0.974. The second kappa shape index (κ2) is 8.56. The van der Waals surface area contributed by atoms with Crippen LogP contribution in [-0.4, -0.2) is 24.3 Å². The first-order valence-electron chi connectivity index (χ1n) is 8.64. The fourth-order valence-corrected chi connectivity index (χ4v) is 2.61. The van der Waals surface area contributed by atoms with E-state index in [9.17, 15) is 4.79 Å². The predicted molar refractivity (Wildman–Crippen MR) is 104 cm³/mol. The van der Waals surface area contributed by atoms with Crippen LogP contribution >= 0.6 is 0 Å². The van der Waals surface area contributed by atoms with Crippen LogP contribution in [0.2, 0.25) is 0 Å². The van der Waals surface area contributed by atoms with E-state index in [4.69, 9.17) is 14.6 Å². The van der Waals surface area contributed by atoms with Crippen molar-refractivity contribution in [1.29, 1.82) is 0 Å². The van der Waals surface area contributed by atoms with Gasteiger partial charge >= 0.3 is 5.97 Å². The molecular weight excluding hydrogens is 328 g/mol. The molecule has 0 amide bonds. The number of carboxylic acid groups (broad SMARTS) is 1. The Morgan fingerprint density at radius 3 is 2.46 bits per heavy atom. The first-order valence-corrected chi connectivity index (χ1v) is 8.64. The van der Waals surface area contributed by atoms with Crippen molar-refractivity contribution >= 4 is 12.0 Å². The molecule has 0 saturated carbocycles. The Balaban J connectivity index is 1.96. The smallest absolute Gasteiger partial charge is 0.328 e. The lowest BCUT2D eigenvalue weighted by Crippen LogP contribution is -2.16. The lowest BCUT2D eigenvalue weighted by atomic mass is 9.85. The van der Waals surface area contributed by atoms with E-state index in [1.165, 1.54) is 11.6 Å². The summed E-state index contributed by atoms with van der Waals surface area (Å²) in [6.45, 7) is 9.39. The Hall–Kier alpha value is -2.75. The molecule has 4 nitrogen and oxygen atoms in total. The van der Waals surface area contributed by atoms with Crippen LogP contribution in [-0.2, 0) is 10.2 Å². The van der Waals surface area contributed by atoms with E-state index < -0.39 is 5.97 Å². The first-order chi connectivity index (χ1) is 12.3. The van der Waals surface area contributed by atoms with Crippen molar-refractivity contribution < 1.29 is 19.4 Å². The Kier molecular flexibility index (Phi) is 6.45. The highest BCUT2D eigenvalue weighted by Crippen LogP contribution is 2.33. The molecule has 0 radical (unpaired) electrons. The van der Waals surface area contributed by atoms with E-state index in [1.54, 1.807) is 6.07 Å². The predicted octanol–water partition coefficient (Wildman–Crippen LogP) is 4.85. The zero-order valence-corrected chi connectivity index (χ0v) is 15.8. The molecule has 2 aromatic carbocycles. The number of benzene rings is 2. The summed E-state index contributed by atoms with van der Waals surface area (Å²) in [6.07, 6.45) is 2.64. The van der Waals surface area contributed by atoms with Gasteiger partial charge in [-0.25, -0.2) is 4.79 Å². The highest BCUT2D eigenvalue weighted by molar-refractivity contribution is 5.85. The van der Waals surface area contributed by atoms with E-state index in [0.29, 0.717) is 19.0 Å². The molecule has 138 valence electrons. The third-order valence-corrected chi connectivity index (χ3v) is 3.89. The molecule has 2 aromatic rings. The van der Waals surface area contributed by atoms with E-state index in [0.717, 1.165) is 23.0 Å². The second-order valence-electron chi connectivity index (χ2n) is 7.14. The summed E-state index contributed by atoms with van der Waals surface area (Å²) >= 11 is 0. The molecule has 1 N–H and O–H groups in total. The number of carbonyl (C=O) groups is 1. The fourth-order valence-electron chi connectivity index (χ4n) is 2.61. The molecule has 0 aliphatic rings. The van der Waals surface area contributed by atoms with Gasteiger partial charge in [0.05, 0.1) is 0 Å². The highest BCUT2D eigenvalue weighted by atomic mass is 16.5. The van der Waals surface area contributed by atoms with E-state index >= 15 is 0 Å². The average molecular weight is 354 g/mol. The summed E-state index contributed by atoms with van der Waals surface area (Å²) < 4.78 is 11.7. The van der Waals surface area contributed by atoms with Crippen molar-refractivity contribution in [2.24, 2.45) is 0 Å². The quantitative estimate of drug-likeness (QED) is 0.570. The number of aliphatic carboxylic acids is 1. The van der Waals surface area contributed by atoms with Crippen molar-refractivity contribution in [1.82, 2.24) is 0 Å². The Morgan fingerprint density at radius 1 is 1.08 bits per heavy atom. The van der Waals surface area contributed by atoms with Crippen LogP contribution in [0, 0.1) is 6.92 Å². The molecule has 0 aliphatic carbocycles. The minimum Gasteiger partial charge on any atom is -0.490 e. The van der Waals surface area contributed by atoms with Gasteiger partial charge in [0.25, 0.3) is 0 Å². The second-order valence-corrected chi connectivity index (χ2v) is 7.14. The number of hydrogen-bond donors (Lipinski definition) is 1. The molecule has 0 atom stereocenters. The number of hydrogen-bond acceptors (Lipinski definition) is 3. The van der Waals surface area contributed by atoms with Gasteiger partial charge in [-0.3, -0.25) is 0 Å². The Labute approximate surface area is 155 Å². The van der Waals surface area contributed by atoms with Gasteiger partial charge in [-0.15, -0.1) is 0 Å². The molecule has 0 fully saturated rings. The van der Waals surface area contributed by atoms with Crippen molar-refractivity contribution in [3.05, 3.63) is 65.2 Å². The van der Waals surface area contributed by atoms with Crippen LogP contribution in [0.1, 0.15) is 37.5 Å². The van der Waals surface area contributed by atoms with Crippen LogP contribution in [0.5, 0.6) is 11.5 Å². The Morgan fingerprint density at radius 2 is 1.77 bits per heavy atom. The van der Waals surface area contributed by atoms with Gasteiger partial charge in [0.15, 0.2) is 0 Å². The highest BCUT2D eigenvalue weighted by Gasteiger charge is 2.20. The largest absolute Gasteiger partial charge is 0.490 e. The zero-order chi connectivity index (χ0) is 19.2. The third-order valence-electron chi connectivity index (χ3n) is 3.89. The molecule has 0 spiro atoms. The number of para-hydroxylation sites is 1. The molecule has 0 aliphatic heterocycles. The van der Waals surface area contributed by atoms with Gasteiger partial charge in [0.1, 0.15) is 24.7 Å². The molecular formula is C22H26O4. The summed E-state index contributed by atoms with van der Waals surface area (Å²) in [5, 5.41) is 8.69. The number of ether oxygens (including phenoxy) is 2. The van der Waals surface area contributed by atoms with Crippen LogP contribution < -0.4 is 9.47 Å². The Bertz CT molecular complexity index is 785. The zero-order valence-electron chi connectivity index (χ0n) is 15.8. The molecule has 4 heteroatoms. The average Bonchev–Trinajstić information content (AvgIpc) is 2.57. The van der Waals surface area contributed by atoms with Crippen molar-refractivity contribution in [3.63, 3.8) is 0 Å². The SMILES string of the molecule is Cc1cccc(C(C)(C)C)c1OCCOc1cccc(C=CC(=O)O)c1. The lowest BCUT2D eigenvalue weighted by molar-refractivity contribution is -0.131. The van der Waals surface area contributed by atoms with Gasteiger partial charge in [-0.05, 0) is 47.2 Å². The normalized spacial score (nSPS) is 11.5. The molecule has 0 saturated heterocycles. The fraction of sp³-hybridized carbons (Fsp3) is 0.318. The molecule has 0 bridgehead atoms. The van der Waals surface area contributed by atoms with Crippen LogP contribution in [0.3, 0.4) is 0 Å². The maximum Gasteiger partial charge on any atom is 0.328 e. The molecule has 0 aromatic heterocycles. The van der Waals surface area contributed by atoms with Gasteiger partial charge in [0, 0.05) is 6.08 Å². The number of rotatable bonds is 7. The summed E-state index contributed by atoms with van der Waals surface area (Å²) in [7, 11) is 0. The van der Waals surface area contributed by atoms with E-state index in [1.807, 2.05) is 31.2 Å². The molecule has 2 rings (SSSR count). The topological polar surface area (TPSA) is 55.8 Å². The van der Waals surface area contributed by atoms with Crippen LogP contribution in [0.4, 0.5) is 0 Å². The number of carboxylic acids is 1. The summed E-state index contributed by atoms with van der Waals surface area (Å²) in [5.74, 6) is 0.626. The molecule has 26 heavy (non-hydrogen) atoms. The maximum absolute atomic E-state index is 10.6. The molecule has 0 unspecified atom stereocenters. The van der Waals surface area contributed by atoms with Crippen molar-refractivity contribution in [2.75, 3.05) is 13.2 Å². The minimum absolute atomic E-state index is 0.00696. The summed E-state index contributed by atoms with van der Waals surface area (Å²) in [4.78, 5) is 10.6. The monoisotopic (exact) mass is 354 g/mol. The number of aryl methyl sites for hydroxylation is 1. The van der Waals surface area contributed by atoms with Crippen LogP contribution in [0.15, 0.2) is 48.5 Å². The summed E-state index contributed by atoms with van der Waals surface area (Å²) in [6, 6.07) is 13.5. The summed E-state index contributed by atoms with van der Waals surface area (Å²) in [5.41, 5.74) is 3.07. The standard InChI is InChI=1S/C22H26O4/c1-16-7-5-10-19(22(2,3)4)21(16)26-14-13-25-18-9-6-8-17(15-18)11-12-20(23)24/h5-12,15H,13-14H2,1-4H3,(H,23,24). The van der Waals surface area contributed by atoms with Crippen LogP contribution in [0.25, 0.3) is 6.08 Å². The van der Waals surface area contributed by atoms with Gasteiger partial charge < -0.3 is 14.6 Å². The lowest BCUT2D eigenvalue weighted by Gasteiger charge is -2.24. The van der Waals surface area contributed by atoms with Gasteiger partial charge in [-0.2, -0.15) is 0 Å². The molecule has 0 heterocycles. The third kappa shape index (κ3) is 5.66. The van der Waals surface area contributed by atoms with E-state index in [-0.39, 0.29) is 5.41 Å². The maximum atomic E-state index is 10.6.